The Labute approximate surface area is 181 Å². The zero-order valence-electron chi connectivity index (χ0n) is 18.8. The van der Waals surface area contributed by atoms with Crippen LogP contribution >= 0.6 is 0 Å². The summed E-state index contributed by atoms with van der Waals surface area (Å²) >= 11 is 0. The molecular formula is C23H39N5O2. The van der Waals surface area contributed by atoms with Crippen LogP contribution in [0.1, 0.15) is 52.0 Å². The molecule has 1 saturated heterocycles. The van der Waals surface area contributed by atoms with Crippen LogP contribution in [0, 0.1) is 11.8 Å². The fourth-order valence-electron chi connectivity index (χ4n) is 3.78. The molecule has 4 N–H and O–H groups in total. The number of hydrogen-bond donors (Lipinski definition) is 4. The third-order valence-electron chi connectivity index (χ3n) is 5.24. The van der Waals surface area contributed by atoms with E-state index >= 15 is 0 Å². The van der Waals surface area contributed by atoms with Crippen LogP contribution in [0.4, 0.5) is 10.5 Å². The lowest BCUT2D eigenvalue weighted by Crippen LogP contribution is -2.40. The van der Waals surface area contributed by atoms with Crippen LogP contribution in [0.15, 0.2) is 29.3 Å². The van der Waals surface area contributed by atoms with Crippen molar-refractivity contribution in [2.24, 2.45) is 16.8 Å². The van der Waals surface area contributed by atoms with Crippen LogP contribution in [0.25, 0.3) is 0 Å². The van der Waals surface area contributed by atoms with Gasteiger partial charge in [0.15, 0.2) is 5.96 Å². The van der Waals surface area contributed by atoms with Crippen molar-refractivity contribution in [2.75, 3.05) is 38.1 Å². The summed E-state index contributed by atoms with van der Waals surface area (Å²) in [5, 5.41) is 19.0. The number of guanidine groups is 1. The summed E-state index contributed by atoms with van der Waals surface area (Å²) in [5.74, 6) is 1.79. The fraction of sp³-hybridized carbons (Fsp3) is 0.652. The monoisotopic (exact) mass is 417 g/mol. The van der Waals surface area contributed by atoms with Gasteiger partial charge in [-0.3, -0.25) is 0 Å². The third-order valence-corrected chi connectivity index (χ3v) is 5.24. The summed E-state index contributed by atoms with van der Waals surface area (Å²) in [5.41, 5.74) is 1.85. The molecule has 1 heterocycles. The van der Waals surface area contributed by atoms with E-state index in [1.165, 1.54) is 0 Å². The number of aliphatic hydroxyl groups is 1. The first-order chi connectivity index (χ1) is 14.5. The van der Waals surface area contributed by atoms with Gasteiger partial charge in [-0.2, -0.15) is 0 Å². The van der Waals surface area contributed by atoms with E-state index in [0.29, 0.717) is 18.4 Å². The number of amides is 2. The summed E-state index contributed by atoms with van der Waals surface area (Å²) in [6.45, 7) is 10.4. The molecule has 7 heteroatoms. The third kappa shape index (κ3) is 8.61. The van der Waals surface area contributed by atoms with Gasteiger partial charge in [0.05, 0.1) is 6.54 Å². The van der Waals surface area contributed by atoms with Gasteiger partial charge in [-0.05, 0) is 62.1 Å². The molecule has 0 spiro atoms. The topological polar surface area (TPSA) is 89.0 Å². The fourth-order valence-corrected chi connectivity index (χ4v) is 3.78. The van der Waals surface area contributed by atoms with E-state index in [9.17, 15) is 9.90 Å². The Balaban J connectivity index is 1.93. The molecule has 1 aromatic carbocycles. The zero-order chi connectivity index (χ0) is 21.8. The lowest BCUT2D eigenvalue weighted by molar-refractivity contribution is 0.222. The molecule has 1 aliphatic rings. The van der Waals surface area contributed by atoms with Crippen molar-refractivity contribution in [1.29, 1.82) is 0 Å². The summed E-state index contributed by atoms with van der Waals surface area (Å²) in [6, 6.07) is 7.84. The first-order valence-electron chi connectivity index (χ1n) is 11.3. The van der Waals surface area contributed by atoms with Gasteiger partial charge in [0.25, 0.3) is 0 Å². The second kappa shape index (κ2) is 13.1. The van der Waals surface area contributed by atoms with E-state index in [-0.39, 0.29) is 12.6 Å². The Morgan fingerprint density at radius 3 is 2.67 bits per heavy atom. The Morgan fingerprint density at radius 1 is 1.23 bits per heavy atom. The maximum atomic E-state index is 12.3. The molecule has 0 saturated carbocycles. The summed E-state index contributed by atoms with van der Waals surface area (Å²) < 4.78 is 0. The first-order valence-corrected chi connectivity index (χ1v) is 11.3. The molecule has 30 heavy (non-hydrogen) atoms. The van der Waals surface area contributed by atoms with Gasteiger partial charge in [0.1, 0.15) is 0 Å². The highest BCUT2D eigenvalue weighted by Gasteiger charge is 2.17. The van der Waals surface area contributed by atoms with E-state index in [4.69, 9.17) is 4.99 Å². The van der Waals surface area contributed by atoms with Crippen molar-refractivity contribution in [1.82, 2.24) is 15.5 Å². The number of aliphatic hydroxyl groups excluding tert-OH is 1. The largest absolute Gasteiger partial charge is 0.396 e. The van der Waals surface area contributed by atoms with Crippen LogP contribution in [0.3, 0.4) is 0 Å². The number of likely N-dealkylation sites (tertiary alicyclic amines) is 1. The molecule has 1 aromatic rings. The van der Waals surface area contributed by atoms with Crippen molar-refractivity contribution >= 4 is 17.7 Å². The second-order valence-electron chi connectivity index (χ2n) is 8.41. The number of benzene rings is 1. The molecule has 7 nitrogen and oxygen atoms in total. The van der Waals surface area contributed by atoms with Crippen molar-refractivity contribution in [2.45, 2.75) is 53.0 Å². The van der Waals surface area contributed by atoms with E-state index in [1.807, 2.05) is 36.1 Å². The first kappa shape index (κ1) is 24.0. The highest BCUT2D eigenvalue weighted by molar-refractivity contribution is 5.89. The lowest BCUT2D eigenvalue weighted by atomic mass is 9.94. The molecule has 1 aliphatic heterocycles. The molecule has 2 amide bonds. The number of aliphatic imine (C=N–C) groups is 1. The van der Waals surface area contributed by atoms with Gasteiger partial charge in [-0.25, -0.2) is 9.79 Å². The number of rotatable bonds is 10. The van der Waals surface area contributed by atoms with Gasteiger partial charge in [0, 0.05) is 38.5 Å². The number of anilines is 1. The molecular weight excluding hydrogens is 378 g/mol. The lowest BCUT2D eigenvalue weighted by Gasteiger charge is -2.20. The minimum absolute atomic E-state index is 0.0248. The standard InChI is InChI=1S/C23H39N5O2/c1-4-24-22(26-17-20(10-13-29)14-18(2)3)25-16-19-8-7-9-21(15-19)27-23(30)28-11-5-6-12-28/h7-9,15,18,20,29H,4-6,10-14,16-17H2,1-3H3,(H,27,30)(H2,24,25,26). The van der Waals surface area contributed by atoms with Crippen LogP contribution in [0.2, 0.25) is 0 Å². The molecule has 0 bridgehead atoms. The molecule has 2 rings (SSSR count). The minimum Gasteiger partial charge on any atom is -0.396 e. The maximum Gasteiger partial charge on any atom is 0.321 e. The Hall–Kier alpha value is -2.28. The SMILES string of the molecule is CCNC(=NCc1cccc(NC(=O)N2CCCC2)c1)NCC(CCO)CC(C)C. The maximum absolute atomic E-state index is 12.3. The number of nitrogens with zero attached hydrogens (tertiary/aromatic N) is 2. The van der Waals surface area contributed by atoms with Crippen LogP contribution in [0.5, 0.6) is 0 Å². The van der Waals surface area contributed by atoms with Gasteiger partial charge in [-0.1, -0.05) is 26.0 Å². The number of nitrogens with one attached hydrogen (secondary N) is 3. The molecule has 168 valence electrons. The molecule has 1 fully saturated rings. The van der Waals surface area contributed by atoms with E-state index in [0.717, 1.165) is 69.1 Å². The highest BCUT2D eigenvalue weighted by atomic mass is 16.3. The number of carbonyl (C=O) groups excluding carboxylic acids is 1. The zero-order valence-corrected chi connectivity index (χ0v) is 18.8. The summed E-state index contributed by atoms with van der Waals surface area (Å²) in [6.07, 6.45) is 4.03. The normalized spacial score (nSPS) is 15.4. The van der Waals surface area contributed by atoms with Gasteiger partial charge >= 0.3 is 6.03 Å². The number of hydrogen-bond acceptors (Lipinski definition) is 3. The predicted octanol–water partition coefficient (Wildman–Crippen LogP) is 3.41. The Bertz CT molecular complexity index is 671. The minimum atomic E-state index is -0.0248. The van der Waals surface area contributed by atoms with Crippen LogP contribution in [-0.4, -0.2) is 54.8 Å². The Kier molecular flexibility index (Phi) is 10.5. The van der Waals surface area contributed by atoms with Crippen molar-refractivity contribution in [3.05, 3.63) is 29.8 Å². The van der Waals surface area contributed by atoms with E-state index in [1.54, 1.807) is 0 Å². The summed E-state index contributed by atoms with van der Waals surface area (Å²) in [4.78, 5) is 18.9. The predicted molar refractivity (Wildman–Crippen MR) is 124 cm³/mol. The average Bonchev–Trinajstić information content (AvgIpc) is 3.25. The van der Waals surface area contributed by atoms with Gasteiger partial charge in [0.2, 0.25) is 0 Å². The van der Waals surface area contributed by atoms with Crippen LogP contribution in [-0.2, 0) is 6.54 Å². The summed E-state index contributed by atoms with van der Waals surface area (Å²) in [7, 11) is 0. The molecule has 1 unspecified atom stereocenters. The molecule has 1 atom stereocenters. The van der Waals surface area contributed by atoms with Crippen molar-refractivity contribution in [3.63, 3.8) is 0 Å². The second-order valence-corrected chi connectivity index (χ2v) is 8.41. The van der Waals surface area contributed by atoms with Crippen molar-refractivity contribution < 1.29 is 9.90 Å². The number of urea groups is 1. The Morgan fingerprint density at radius 2 is 2.00 bits per heavy atom. The smallest absolute Gasteiger partial charge is 0.321 e. The van der Waals surface area contributed by atoms with Crippen LogP contribution < -0.4 is 16.0 Å². The average molecular weight is 418 g/mol. The van der Waals surface area contributed by atoms with E-state index < -0.39 is 0 Å². The highest BCUT2D eigenvalue weighted by Crippen LogP contribution is 2.16. The van der Waals surface area contributed by atoms with E-state index in [2.05, 4.69) is 29.8 Å². The molecule has 0 aliphatic carbocycles. The van der Waals surface area contributed by atoms with Gasteiger partial charge in [-0.15, -0.1) is 0 Å². The quantitative estimate of drug-likeness (QED) is 0.347. The number of carbonyl (C=O) groups is 1. The van der Waals surface area contributed by atoms with Crippen molar-refractivity contribution in [3.8, 4) is 0 Å². The van der Waals surface area contributed by atoms with Gasteiger partial charge < -0.3 is 26.0 Å². The molecule has 0 aromatic heterocycles. The molecule has 0 radical (unpaired) electrons.